The first-order chi connectivity index (χ1) is 10.7. The van der Waals surface area contributed by atoms with Crippen LogP contribution in [0.1, 0.15) is 47.5 Å². The van der Waals surface area contributed by atoms with E-state index in [-0.39, 0.29) is 25.2 Å². The van der Waals surface area contributed by atoms with Crippen molar-refractivity contribution in [1.29, 1.82) is 5.41 Å². The number of hydrogen-bond donors (Lipinski definition) is 3. The number of likely N-dealkylation sites (tertiary alicyclic amines) is 1. The fourth-order valence-corrected chi connectivity index (χ4v) is 2.18. The van der Waals surface area contributed by atoms with Gasteiger partial charge < -0.3 is 15.3 Å². The van der Waals surface area contributed by atoms with Gasteiger partial charge in [-0.3, -0.25) is 10.2 Å². The van der Waals surface area contributed by atoms with Gasteiger partial charge in [0.1, 0.15) is 0 Å². The molecule has 0 aromatic carbocycles. The number of rotatable bonds is 5. The van der Waals surface area contributed by atoms with E-state index in [0.29, 0.717) is 19.5 Å². The highest BCUT2D eigenvalue weighted by Gasteiger charge is 2.30. The third kappa shape index (κ3) is 6.17. The van der Waals surface area contributed by atoms with Gasteiger partial charge in [0.25, 0.3) is 5.91 Å². The van der Waals surface area contributed by atoms with E-state index in [1.807, 2.05) is 20.8 Å². The Morgan fingerprint density at radius 1 is 1.29 bits per heavy atom. The molecule has 1 rings (SSSR count). The van der Waals surface area contributed by atoms with Gasteiger partial charge >= 0.3 is 5.97 Å². The number of aliphatic hydroxyl groups is 1. The first-order valence-electron chi connectivity index (χ1n) is 7.55. The van der Waals surface area contributed by atoms with Crippen molar-refractivity contribution in [2.24, 2.45) is 5.41 Å². The third-order valence-electron chi connectivity index (χ3n) is 3.55. The number of nitrogens with one attached hydrogen (secondary N) is 2. The van der Waals surface area contributed by atoms with Gasteiger partial charge in [-0.25, -0.2) is 9.74 Å². The zero-order chi connectivity index (χ0) is 17.6. The van der Waals surface area contributed by atoms with Gasteiger partial charge in [-0.2, -0.15) is 0 Å². The van der Waals surface area contributed by atoms with Gasteiger partial charge in [0, 0.05) is 24.2 Å². The highest BCUT2D eigenvalue weighted by Crippen LogP contribution is 2.18. The van der Waals surface area contributed by atoms with Crippen molar-refractivity contribution in [3.8, 4) is 0 Å². The Kier molecular flexibility index (Phi) is 8.43. The molecule has 138 valence electrons. The molecule has 7 nitrogen and oxygen atoms in total. The van der Waals surface area contributed by atoms with Crippen molar-refractivity contribution in [2.45, 2.75) is 47.5 Å². The van der Waals surface area contributed by atoms with Crippen LogP contribution in [0.4, 0.5) is 4.53 Å². The summed E-state index contributed by atoms with van der Waals surface area (Å²) in [6, 6.07) is 0. The summed E-state index contributed by atoms with van der Waals surface area (Å²) < 4.78 is 12.3. The second kappa shape index (κ2) is 9.24. The maximum absolute atomic E-state index is 12.3. The summed E-state index contributed by atoms with van der Waals surface area (Å²) in [5.74, 6) is -3.82. The molecule has 24 heavy (non-hydrogen) atoms. The van der Waals surface area contributed by atoms with Gasteiger partial charge in [-0.1, -0.05) is 28.2 Å². The van der Waals surface area contributed by atoms with Crippen molar-refractivity contribution < 1.29 is 24.2 Å². The molecule has 1 heterocycles. The molecule has 1 aliphatic rings. The molecule has 1 fully saturated rings. The predicted molar refractivity (Wildman–Crippen MR) is 89.2 cm³/mol. The first-order valence-corrected chi connectivity index (χ1v) is 7.55. The Morgan fingerprint density at radius 3 is 2.29 bits per heavy atom. The molecule has 1 saturated heterocycles. The van der Waals surface area contributed by atoms with Gasteiger partial charge in [0.05, 0.1) is 0 Å². The molecule has 8 heteroatoms. The molecule has 0 aromatic heterocycles. The standard InChI is InChI=1S/C15H24FN3O4.CH4/c1-15(2,3)6-7-18-13(21)10(14(22)23-16)11(20)12(17)19-8-4-5-9-19;/h17,20H,4-9H2,1-3H3,(H,18,21);1H4/b11-10-,17-12?;. The van der Waals surface area contributed by atoms with E-state index in [1.165, 1.54) is 4.90 Å². The minimum atomic E-state index is -1.61. The molecule has 0 atom stereocenters. The van der Waals surface area contributed by atoms with Crippen LogP contribution in [0.5, 0.6) is 0 Å². The van der Waals surface area contributed by atoms with Crippen molar-refractivity contribution in [1.82, 2.24) is 10.2 Å². The largest absolute Gasteiger partial charge is 0.504 e. The highest BCUT2D eigenvalue weighted by atomic mass is 19.3. The number of amidine groups is 1. The predicted octanol–water partition coefficient (Wildman–Crippen LogP) is 2.49. The van der Waals surface area contributed by atoms with Crippen molar-refractivity contribution in [2.75, 3.05) is 19.6 Å². The van der Waals surface area contributed by atoms with Crippen LogP contribution < -0.4 is 5.32 Å². The van der Waals surface area contributed by atoms with E-state index >= 15 is 0 Å². The monoisotopic (exact) mass is 345 g/mol. The Balaban J connectivity index is 0.00000529. The van der Waals surface area contributed by atoms with E-state index < -0.39 is 23.2 Å². The summed E-state index contributed by atoms with van der Waals surface area (Å²) >= 11 is 0. The zero-order valence-electron chi connectivity index (χ0n) is 13.7. The van der Waals surface area contributed by atoms with Crippen LogP contribution in [0.15, 0.2) is 11.3 Å². The van der Waals surface area contributed by atoms with E-state index in [2.05, 4.69) is 10.3 Å². The topological polar surface area (TPSA) is 103 Å². The van der Waals surface area contributed by atoms with Gasteiger partial charge in [0.2, 0.25) is 0 Å². The highest BCUT2D eigenvalue weighted by molar-refractivity contribution is 6.20. The fraction of sp³-hybridized carbons (Fsp3) is 0.688. The minimum Gasteiger partial charge on any atom is -0.504 e. The molecule has 3 N–H and O–H groups in total. The lowest BCUT2D eigenvalue weighted by molar-refractivity contribution is -0.178. The number of halogens is 1. The fourth-order valence-electron chi connectivity index (χ4n) is 2.18. The van der Waals surface area contributed by atoms with Gasteiger partial charge in [0.15, 0.2) is 17.2 Å². The summed E-state index contributed by atoms with van der Waals surface area (Å²) in [4.78, 5) is 28.2. The molecule has 0 unspecified atom stereocenters. The van der Waals surface area contributed by atoms with E-state index in [0.717, 1.165) is 12.8 Å². The van der Waals surface area contributed by atoms with E-state index in [9.17, 15) is 19.2 Å². The molecule has 0 aromatic rings. The Morgan fingerprint density at radius 2 is 1.83 bits per heavy atom. The summed E-state index contributed by atoms with van der Waals surface area (Å²) in [7, 11) is 0. The number of hydrogen-bond acceptors (Lipinski definition) is 5. The smallest absolute Gasteiger partial charge is 0.389 e. The van der Waals surface area contributed by atoms with Crippen LogP contribution in [-0.2, 0) is 14.5 Å². The maximum Gasteiger partial charge on any atom is 0.389 e. The van der Waals surface area contributed by atoms with Crippen molar-refractivity contribution in [3.05, 3.63) is 11.3 Å². The van der Waals surface area contributed by atoms with Crippen LogP contribution in [0.3, 0.4) is 0 Å². The summed E-state index contributed by atoms with van der Waals surface area (Å²) in [6.07, 6.45) is 2.31. The number of carbonyl (C=O) groups excluding carboxylic acids is 2. The summed E-state index contributed by atoms with van der Waals surface area (Å²) in [5.41, 5.74) is -0.930. The molecule has 0 radical (unpaired) electrons. The van der Waals surface area contributed by atoms with Gasteiger partial charge in [-0.15, -0.1) is 0 Å². The van der Waals surface area contributed by atoms with Crippen LogP contribution in [0, 0.1) is 10.8 Å². The summed E-state index contributed by atoms with van der Waals surface area (Å²) in [5, 5.41) is 20.4. The molecule has 0 aliphatic carbocycles. The maximum atomic E-state index is 12.3. The Bertz CT molecular complexity index is 506. The number of aliphatic hydroxyl groups excluding tert-OH is 1. The lowest BCUT2D eigenvalue weighted by atomic mass is 9.92. The Hall–Kier alpha value is -2.12. The molecular weight excluding hydrogens is 317 g/mol. The van der Waals surface area contributed by atoms with E-state index in [1.54, 1.807) is 0 Å². The van der Waals surface area contributed by atoms with Crippen molar-refractivity contribution >= 4 is 17.7 Å². The second-order valence-corrected chi connectivity index (χ2v) is 6.70. The zero-order valence-corrected chi connectivity index (χ0v) is 13.7. The van der Waals surface area contributed by atoms with Crippen LogP contribution >= 0.6 is 0 Å². The van der Waals surface area contributed by atoms with Crippen LogP contribution in [-0.4, -0.2) is 47.4 Å². The van der Waals surface area contributed by atoms with Crippen LogP contribution in [0.25, 0.3) is 0 Å². The molecule has 1 aliphatic heterocycles. The normalized spacial score (nSPS) is 15.2. The number of carbonyl (C=O) groups is 2. The SMILES string of the molecule is C.CC(C)(C)CCNC(=O)/C(C(=O)OF)=C(/O)C(=N)N1CCCC1. The van der Waals surface area contributed by atoms with E-state index in [4.69, 9.17) is 5.41 Å². The number of amides is 1. The molecule has 0 bridgehead atoms. The third-order valence-corrected chi connectivity index (χ3v) is 3.55. The average molecular weight is 345 g/mol. The number of nitrogens with zero attached hydrogens (tertiary/aromatic N) is 1. The first kappa shape index (κ1) is 21.9. The quantitative estimate of drug-likeness (QED) is 0.177. The molecular formula is C16H28FN3O4. The van der Waals surface area contributed by atoms with Crippen LogP contribution in [0.2, 0.25) is 0 Å². The molecule has 0 saturated carbocycles. The second-order valence-electron chi connectivity index (χ2n) is 6.70. The minimum absolute atomic E-state index is 0. The Labute approximate surface area is 142 Å². The molecule has 0 spiro atoms. The van der Waals surface area contributed by atoms with Gasteiger partial charge in [-0.05, 0) is 24.7 Å². The lowest BCUT2D eigenvalue weighted by Gasteiger charge is -2.20. The average Bonchev–Trinajstić information content (AvgIpc) is 2.99. The van der Waals surface area contributed by atoms with Crippen molar-refractivity contribution in [3.63, 3.8) is 0 Å². The molecule has 1 amide bonds. The lowest BCUT2D eigenvalue weighted by Crippen LogP contribution is -2.36. The summed E-state index contributed by atoms with van der Waals surface area (Å²) in [6.45, 7) is 7.25.